The number of nitrogens with one attached hydrogen (secondary N) is 1. The van der Waals surface area contributed by atoms with Crippen LogP contribution >= 0.6 is 11.8 Å². The maximum Gasteiger partial charge on any atom is 0.303 e. The van der Waals surface area contributed by atoms with Crippen molar-refractivity contribution in [2.45, 2.75) is 117 Å². The highest BCUT2D eigenvalue weighted by Crippen LogP contribution is 2.35. The van der Waals surface area contributed by atoms with Gasteiger partial charge in [-0.25, -0.2) is 0 Å². The van der Waals surface area contributed by atoms with E-state index in [1.165, 1.54) is 6.92 Å². The molecule has 1 unspecified atom stereocenters. The van der Waals surface area contributed by atoms with E-state index in [2.05, 4.69) is 5.32 Å². The molecule has 1 N–H and O–H groups in total. The zero-order chi connectivity index (χ0) is 38.6. The Labute approximate surface area is 296 Å². The van der Waals surface area contributed by atoms with Gasteiger partial charge in [0, 0.05) is 55.4 Å². The molecule has 0 aromatic heterocycles. The van der Waals surface area contributed by atoms with Crippen molar-refractivity contribution in [2.24, 2.45) is 0 Å². The summed E-state index contributed by atoms with van der Waals surface area (Å²) < 4.78 is 55.6. The highest BCUT2D eigenvalue weighted by molar-refractivity contribution is 8.14. The van der Waals surface area contributed by atoms with Crippen molar-refractivity contribution in [1.82, 2.24) is 5.32 Å². The molecule has 2 heterocycles. The van der Waals surface area contributed by atoms with Crippen molar-refractivity contribution >= 4 is 64.6 Å². The second kappa shape index (κ2) is 19.9. The highest BCUT2D eigenvalue weighted by atomic mass is 32.2. The number of carbonyl (C=O) groups excluding carboxylic acids is 9. The van der Waals surface area contributed by atoms with Gasteiger partial charge in [-0.2, -0.15) is 0 Å². The zero-order valence-corrected chi connectivity index (χ0v) is 29.9. The van der Waals surface area contributed by atoms with Crippen molar-refractivity contribution in [1.29, 1.82) is 0 Å². The van der Waals surface area contributed by atoms with Gasteiger partial charge >= 0.3 is 41.8 Å². The molecule has 51 heavy (non-hydrogen) atoms. The molecule has 0 aromatic rings. The Hall–Kier alpha value is -4.34. The van der Waals surface area contributed by atoms with Crippen LogP contribution in [0.25, 0.3) is 0 Å². The quantitative estimate of drug-likeness (QED) is 0.165. The third-order valence-electron chi connectivity index (χ3n) is 6.64. The largest absolute Gasteiger partial charge is 0.463 e. The summed E-state index contributed by atoms with van der Waals surface area (Å²) in [6.45, 7) is 7.19. The Bertz CT molecular complexity index is 1340. The number of hydrogen-bond acceptors (Lipinski definition) is 20. The van der Waals surface area contributed by atoms with Gasteiger partial charge < -0.3 is 52.7 Å². The fourth-order valence-electron chi connectivity index (χ4n) is 5.00. The van der Waals surface area contributed by atoms with Crippen LogP contribution in [0.15, 0.2) is 0 Å². The fourth-order valence-corrected chi connectivity index (χ4v) is 5.41. The van der Waals surface area contributed by atoms with Crippen molar-refractivity contribution in [3.8, 4) is 0 Å². The van der Waals surface area contributed by atoms with Crippen LogP contribution in [0.5, 0.6) is 0 Å². The summed E-state index contributed by atoms with van der Waals surface area (Å²) in [6, 6.07) is 0. The smallest absolute Gasteiger partial charge is 0.303 e. The van der Waals surface area contributed by atoms with Crippen molar-refractivity contribution in [3.63, 3.8) is 0 Å². The number of ether oxygens (including phenoxy) is 10. The number of carbonyl (C=O) groups is 9. The van der Waals surface area contributed by atoms with E-state index in [4.69, 9.17) is 47.4 Å². The minimum absolute atomic E-state index is 0.375. The first-order valence-electron chi connectivity index (χ1n) is 15.3. The van der Waals surface area contributed by atoms with E-state index >= 15 is 0 Å². The van der Waals surface area contributed by atoms with Gasteiger partial charge in [-0.15, -0.1) is 0 Å². The predicted octanol–water partition coefficient (Wildman–Crippen LogP) is -0.998. The number of esters is 7. The average molecular weight is 752 g/mol. The summed E-state index contributed by atoms with van der Waals surface area (Å²) >= 11 is 0.662. The molecule has 0 radical (unpaired) electrons. The lowest BCUT2D eigenvalue weighted by Crippen LogP contribution is -2.69. The van der Waals surface area contributed by atoms with Gasteiger partial charge in [0.15, 0.2) is 48.2 Å². The van der Waals surface area contributed by atoms with Crippen LogP contribution < -0.4 is 5.32 Å². The van der Waals surface area contributed by atoms with Crippen LogP contribution in [-0.2, 0) is 90.5 Å². The van der Waals surface area contributed by atoms with Crippen LogP contribution in [-0.4, -0.2) is 133 Å². The number of thioether (sulfide) groups is 1. The summed E-state index contributed by atoms with van der Waals surface area (Å²) in [5.74, 6) is -7.35. The van der Waals surface area contributed by atoms with E-state index < -0.39 is 122 Å². The van der Waals surface area contributed by atoms with Gasteiger partial charge in [-0.05, 0) is 0 Å². The summed E-state index contributed by atoms with van der Waals surface area (Å²) in [5, 5.41) is 2.06. The topological polar surface area (TPSA) is 258 Å². The van der Waals surface area contributed by atoms with E-state index in [9.17, 15) is 43.2 Å². The molecule has 2 rings (SSSR count). The van der Waals surface area contributed by atoms with E-state index in [1.54, 1.807) is 0 Å². The van der Waals surface area contributed by atoms with Crippen LogP contribution in [0.4, 0.5) is 0 Å². The Morgan fingerprint density at radius 1 is 0.510 bits per heavy atom. The lowest BCUT2D eigenvalue weighted by atomic mass is 9.95. The minimum atomic E-state index is -1.85. The standard InChI is InChI=1S/C30H41NO19S/c1-12(32)41-9-20-24(25(44-15(4)35)27(46-17(6)37)29(48-20)31-22(40)11-51-19(8)39)50-30-28(47-18(7)38)26(45-16(5)36)23(43-14(3)34)21(49-30)10-42-13(2)33/h20-21,23-30H,9-11H2,1-8H3,(H,31,40)/t20-,21-,23-,24+,25-,26-,27?,28-,29+,30-/m0/s1. The molecular formula is C30H41NO19S. The van der Waals surface area contributed by atoms with Gasteiger partial charge in [0.05, 0.1) is 5.75 Å². The van der Waals surface area contributed by atoms with Crippen molar-refractivity contribution < 1.29 is 90.5 Å². The molecule has 2 aliphatic heterocycles. The fraction of sp³-hybridized carbons (Fsp3) is 0.700. The minimum Gasteiger partial charge on any atom is -0.463 e. The van der Waals surface area contributed by atoms with Crippen molar-refractivity contribution in [2.75, 3.05) is 19.0 Å². The highest BCUT2D eigenvalue weighted by Gasteiger charge is 2.57. The summed E-state index contributed by atoms with van der Waals surface area (Å²) in [7, 11) is 0. The Balaban J connectivity index is 2.73. The maximum atomic E-state index is 12.8. The molecule has 0 bridgehead atoms. The third kappa shape index (κ3) is 14.1. The van der Waals surface area contributed by atoms with E-state index in [1.807, 2.05) is 0 Å². The number of rotatable bonds is 14. The number of hydrogen-bond donors (Lipinski definition) is 1. The Morgan fingerprint density at radius 3 is 1.37 bits per heavy atom. The first-order valence-corrected chi connectivity index (χ1v) is 16.3. The van der Waals surface area contributed by atoms with Gasteiger partial charge in [0.25, 0.3) is 0 Å². The van der Waals surface area contributed by atoms with Crippen LogP contribution in [0.1, 0.15) is 55.4 Å². The molecule has 1 amide bonds. The number of amides is 1. The molecule has 2 saturated heterocycles. The van der Waals surface area contributed by atoms with Gasteiger partial charge in [0.1, 0.15) is 31.5 Å². The van der Waals surface area contributed by atoms with E-state index in [0.717, 1.165) is 48.5 Å². The van der Waals surface area contributed by atoms with Crippen molar-refractivity contribution in [3.05, 3.63) is 0 Å². The van der Waals surface area contributed by atoms with Gasteiger partial charge in [-0.1, -0.05) is 11.8 Å². The second-order valence-corrected chi connectivity index (χ2v) is 12.2. The summed E-state index contributed by atoms with van der Waals surface area (Å²) in [4.78, 5) is 109. The monoisotopic (exact) mass is 751 g/mol. The summed E-state index contributed by atoms with van der Waals surface area (Å²) in [6.07, 6.45) is -16.3. The molecule has 0 aliphatic carbocycles. The zero-order valence-electron chi connectivity index (χ0n) is 29.1. The molecule has 20 nitrogen and oxygen atoms in total. The van der Waals surface area contributed by atoms with Crippen LogP contribution in [0.2, 0.25) is 0 Å². The molecule has 2 fully saturated rings. The normalized spacial score (nSPS) is 28.5. The molecular weight excluding hydrogens is 710 g/mol. The lowest BCUT2D eigenvalue weighted by Gasteiger charge is -2.48. The average Bonchev–Trinajstić information content (AvgIpc) is 2.98. The van der Waals surface area contributed by atoms with E-state index in [-0.39, 0.29) is 10.9 Å². The van der Waals surface area contributed by atoms with Gasteiger partial charge in [-0.3, -0.25) is 43.2 Å². The molecule has 10 atom stereocenters. The second-order valence-electron chi connectivity index (χ2n) is 11.1. The summed E-state index contributed by atoms with van der Waals surface area (Å²) in [5.41, 5.74) is 0. The molecule has 21 heteroatoms. The first kappa shape index (κ1) is 42.8. The van der Waals surface area contributed by atoms with E-state index in [0.29, 0.717) is 11.8 Å². The predicted molar refractivity (Wildman–Crippen MR) is 165 cm³/mol. The Kier molecular flexibility index (Phi) is 16.7. The van der Waals surface area contributed by atoms with Crippen LogP contribution in [0.3, 0.4) is 0 Å². The molecule has 2 aliphatic rings. The van der Waals surface area contributed by atoms with Crippen LogP contribution in [0, 0.1) is 0 Å². The SMILES string of the molecule is CC(=O)OC[C@@H]1O[C@@H](O[C@@H]2[C@H](COC(C)=O)O[C@@H](NC(=O)CSC(C)=O)C(OC(C)=O)[C@H]2OC(C)=O)[C@@H](OC(C)=O)[C@@H](OC(C)=O)[C@H]1OC(C)=O. The maximum absolute atomic E-state index is 12.8. The first-order chi connectivity index (χ1) is 23.8. The lowest BCUT2D eigenvalue weighted by molar-refractivity contribution is -0.345. The molecule has 0 spiro atoms. The molecule has 0 saturated carbocycles. The Morgan fingerprint density at radius 2 is 0.922 bits per heavy atom. The molecule has 0 aromatic carbocycles. The van der Waals surface area contributed by atoms with Gasteiger partial charge in [0.2, 0.25) is 5.91 Å². The molecule has 286 valence electrons. The third-order valence-corrected chi connectivity index (χ3v) is 7.45.